The smallest absolute Gasteiger partial charge is 0.258 e. The molecular formula is C16H26N2O4S. The van der Waals surface area contributed by atoms with Crippen LogP contribution in [0.2, 0.25) is 0 Å². The second-order valence-corrected chi connectivity index (χ2v) is 8.90. The monoisotopic (exact) mass is 342 g/mol. The Morgan fingerprint density at radius 1 is 1.30 bits per heavy atom. The molecular weight excluding hydrogens is 316 g/mol. The van der Waals surface area contributed by atoms with E-state index in [2.05, 4.69) is 16.6 Å². The summed E-state index contributed by atoms with van der Waals surface area (Å²) in [4.78, 5) is 24.9. The molecule has 2 N–H and O–H groups in total. The van der Waals surface area contributed by atoms with Crippen LogP contribution >= 0.6 is 0 Å². The fourth-order valence-corrected chi connectivity index (χ4v) is 4.37. The van der Waals surface area contributed by atoms with Gasteiger partial charge in [-0.3, -0.25) is 14.3 Å². The highest BCUT2D eigenvalue weighted by atomic mass is 32.2. The van der Waals surface area contributed by atoms with Crippen LogP contribution in [0.15, 0.2) is 12.2 Å². The zero-order valence-corrected chi connectivity index (χ0v) is 14.7. The first-order valence-corrected chi connectivity index (χ1v) is 9.77. The normalized spacial score (nSPS) is 24.1. The molecule has 7 heteroatoms. The second-order valence-electron chi connectivity index (χ2n) is 6.94. The fraction of sp³-hybridized carbons (Fsp3) is 0.750. The molecule has 0 aromatic heterocycles. The van der Waals surface area contributed by atoms with Crippen molar-refractivity contribution in [3.8, 4) is 0 Å². The van der Waals surface area contributed by atoms with E-state index in [1.54, 1.807) is 6.92 Å². The predicted molar refractivity (Wildman–Crippen MR) is 88.0 cm³/mol. The molecule has 1 unspecified atom stereocenters. The highest BCUT2D eigenvalue weighted by Gasteiger charge is 2.42. The molecule has 2 fully saturated rings. The van der Waals surface area contributed by atoms with Gasteiger partial charge in [0.1, 0.15) is 5.54 Å². The van der Waals surface area contributed by atoms with Crippen LogP contribution in [0.3, 0.4) is 0 Å². The Hall–Kier alpha value is -1.37. The van der Waals surface area contributed by atoms with Gasteiger partial charge in [0, 0.05) is 5.92 Å². The third-order valence-corrected chi connectivity index (χ3v) is 6.42. The van der Waals surface area contributed by atoms with Gasteiger partial charge in [-0.05, 0) is 45.4 Å². The molecule has 2 saturated carbocycles. The Labute approximate surface area is 138 Å². The van der Waals surface area contributed by atoms with Crippen molar-refractivity contribution in [2.75, 3.05) is 0 Å². The quantitative estimate of drug-likeness (QED) is 0.688. The third-order valence-electron chi connectivity index (χ3n) is 4.60. The molecule has 0 aromatic rings. The lowest BCUT2D eigenvalue weighted by Gasteiger charge is -2.30. The largest absolute Gasteiger partial charge is 0.342 e. The fourth-order valence-electron chi connectivity index (χ4n) is 2.97. The summed E-state index contributed by atoms with van der Waals surface area (Å²) in [5.74, 6) is -1.01. The summed E-state index contributed by atoms with van der Waals surface area (Å²) in [5, 5.41) is 2.32. The van der Waals surface area contributed by atoms with Crippen molar-refractivity contribution in [3.63, 3.8) is 0 Å². The minimum Gasteiger partial charge on any atom is -0.342 e. The third kappa shape index (κ3) is 4.34. The van der Waals surface area contributed by atoms with E-state index in [-0.39, 0.29) is 11.8 Å². The standard InChI is InChI=1S/C16H26N2O4S/c1-4-9-16(3,15(20)18-23(21,22)13-7-8-13)17-14(19)12-6-5-11(2)10-12/h12-13H,2,4-10H2,1,3H3,(H,17,19)(H,18,20)/t12?,16-/m0/s1. The number of rotatable bonds is 7. The van der Waals surface area contributed by atoms with Gasteiger partial charge in [-0.1, -0.05) is 25.5 Å². The average molecular weight is 342 g/mol. The molecule has 6 nitrogen and oxygen atoms in total. The first kappa shape index (κ1) is 18.0. The second kappa shape index (κ2) is 6.63. The summed E-state index contributed by atoms with van der Waals surface area (Å²) in [6, 6.07) is 0. The zero-order valence-electron chi connectivity index (χ0n) is 13.9. The minimum atomic E-state index is -3.62. The van der Waals surface area contributed by atoms with Gasteiger partial charge < -0.3 is 5.32 Å². The van der Waals surface area contributed by atoms with E-state index in [0.717, 1.165) is 18.4 Å². The van der Waals surface area contributed by atoms with E-state index in [4.69, 9.17) is 0 Å². The van der Waals surface area contributed by atoms with E-state index < -0.39 is 26.7 Å². The number of carbonyl (C=O) groups excluding carboxylic acids is 2. The van der Waals surface area contributed by atoms with E-state index in [9.17, 15) is 18.0 Å². The topological polar surface area (TPSA) is 92.3 Å². The van der Waals surface area contributed by atoms with Gasteiger partial charge in [-0.15, -0.1) is 0 Å². The van der Waals surface area contributed by atoms with Gasteiger partial charge in [0.15, 0.2) is 0 Å². The summed E-state index contributed by atoms with van der Waals surface area (Å²) in [6.07, 6.45) is 4.41. The molecule has 2 amide bonds. The minimum absolute atomic E-state index is 0.175. The Kier molecular flexibility index (Phi) is 5.18. The molecule has 2 aliphatic rings. The number of amides is 2. The predicted octanol–water partition coefficient (Wildman–Crippen LogP) is 1.63. The molecule has 2 aliphatic carbocycles. The van der Waals surface area contributed by atoms with Crippen LogP contribution in [0, 0.1) is 5.92 Å². The molecule has 0 saturated heterocycles. The maximum absolute atomic E-state index is 12.5. The van der Waals surface area contributed by atoms with E-state index in [1.165, 1.54) is 0 Å². The molecule has 2 rings (SSSR count). The van der Waals surface area contributed by atoms with Crippen molar-refractivity contribution < 1.29 is 18.0 Å². The van der Waals surface area contributed by atoms with E-state index in [1.807, 2.05) is 6.92 Å². The highest BCUT2D eigenvalue weighted by molar-refractivity contribution is 7.90. The van der Waals surface area contributed by atoms with Crippen LogP contribution < -0.4 is 10.0 Å². The molecule has 0 aliphatic heterocycles. The van der Waals surface area contributed by atoms with Crippen molar-refractivity contribution >= 4 is 21.8 Å². The lowest BCUT2D eigenvalue weighted by Crippen LogP contribution is -2.59. The summed E-state index contributed by atoms with van der Waals surface area (Å²) in [6.45, 7) is 7.38. The molecule has 0 spiro atoms. The van der Waals surface area contributed by atoms with Gasteiger partial charge in [-0.25, -0.2) is 8.42 Å². The highest BCUT2D eigenvalue weighted by Crippen LogP contribution is 2.30. The molecule has 0 radical (unpaired) electrons. The lowest BCUT2D eigenvalue weighted by molar-refractivity contribution is -0.134. The van der Waals surface area contributed by atoms with Crippen LogP contribution in [0.4, 0.5) is 0 Å². The number of nitrogens with one attached hydrogen (secondary N) is 2. The van der Waals surface area contributed by atoms with E-state index >= 15 is 0 Å². The Morgan fingerprint density at radius 2 is 1.96 bits per heavy atom. The Bertz CT molecular complexity index is 610. The maximum Gasteiger partial charge on any atom is 0.258 e. The van der Waals surface area contributed by atoms with Gasteiger partial charge in [0.25, 0.3) is 5.91 Å². The van der Waals surface area contributed by atoms with Crippen LogP contribution in [0.25, 0.3) is 0 Å². The van der Waals surface area contributed by atoms with Gasteiger partial charge in [0.05, 0.1) is 5.25 Å². The van der Waals surface area contributed by atoms with Crippen molar-refractivity contribution in [2.24, 2.45) is 5.92 Å². The van der Waals surface area contributed by atoms with Crippen molar-refractivity contribution in [3.05, 3.63) is 12.2 Å². The molecule has 0 heterocycles. The molecule has 130 valence electrons. The van der Waals surface area contributed by atoms with Crippen molar-refractivity contribution in [2.45, 2.75) is 69.6 Å². The Balaban J connectivity index is 2.06. The first-order chi connectivity index (χ1) is 10.7. The van der Waals surface area contributed by atoms with Gasteiger partial charge >= 0.3 is 0 Å². The number of hydrogen-bond donors (Lipinski definition) is 2. The average Bonchev–Trinajstić information content (AvgIpc) is 3.22. The molecule has 23 heavy (non-hydrogen) atoms. The van der Waals surface area contributed by atoms with Crippen LogP contribution in [-0.4, -0.2) is 31.0 Å². The zero-order chi connectivity index (χ0) is 17.3. The molecule has 0 aromatic carbocycles. The first-order valence-electron chi connectivity index (χ1n) is 8.22. The molecule has 0 bridgehead atoms. The number of sulfonamides is 1. The SMILES string of the molecule is C=C1CCC(C(=O)N[C@@](C)(CCC)C(=O)NS(=O)(=O)C2CC2)C1. The number of carbonyl (C=O) groups is 2. The maximum atomic E-state index is 12.5. The summed E-state index contributed by atoms with van der Waals surface area (Å²) >= 11 is 0. The van der Waals surface area contributed by atoms with Crippen LogP contribution in [-0.2, 0) is 19.6 Å². The van der Waals surface area contributed by atoms with Gasteiger partial charge in [-0.2, -0.15) is 0 Å². The number of hydrogen-bond acceptors (Lipinski definition) is 4. The van der Waals surface area contributed by atoms with Crippen molar-refractivity contribution in [1.82, 2.24) is 10.0 Å². The van der Waals surface area contributed by atoms with Crippen LogP contribution in [0.5, 0.6) is 0 Å². The summed E-state index contributed by atoms with van der Waals surface area (Å²) < 4.78 is 26.1. The van der Waals surface area contributed by atoms with Gasteiger partial charge in [0.2, 0.25) is 15.9 Å². The van der Waals surface area contributed by atoms with Crippen molar-refractivity contribution in [1.29, 1.82) is 0 Å². The molecule has 2 atom stereocenters. The number of allylic oxidation sites excluding steroid dienone is 1. The Morgan fingerprint density at radius 3 is 2.43 bits per heavy atom. The van der Waals surface area contributed by atoms with E-state index in [0.29, 0.717) is 32.1 Å². The summed E-state index contributed by atoms with van der Waals surface area (Å²) in [5.41, 5.74) is -0.166. The summed E-state index contributed by atoms with van der Waals surface area (Å²) in [7, 11) is -3.62. The lowest BCUT2D eigenvalue weighted by atomic mass is 9.93. The van der Waals surface area contributed by atoms with Crippen LogP contribution in [0.1, 0.15) is 58.8 Å².